The quantitative estimate of drug-likeness (QED) is 0.796. The topological polar surface area (TPSA) is 38.5 Å². The molecule has 1 aromatic carbocycles. The molecule has 0 bridgehead atoms. The average Bonchev–Trinajstić information content (AvgIpc) is 2.29. The molecule has 2 N–H and O–H groups in total. The van der Waals surface area contributed by atoms with Gasteiger partial charge in [-0.1, -0.05) is 6.42 Å². The SMILES string of the molecule is CCN(CC1CCC1)c1ccc(OC)cc1N. The highest BCUT2D eigenvalue weighted by molar-refractivity contribution is 5.69. The van der Waals surface area contributed by atoms with Gasteiger partial charge in [-0.3, -0.25) is 0 Å². The van der Waals surface area contributed by atoms with Crippen LogP contribution in [0.1, 0.15) is 26.2 Å². The highest BCUT2D eigenvalue weighted by Crippen LogP contribution is 2.32. The Morgan fingerprint density at radius 2 is 2.18 bits per heavy atom. The third-order valence-corrected chi connectivity index (χ3v) is 3.66. The van der Waals surface area contributed by atoms with Crippen LogP contribution in [0.15, 0.2) is 18.2 Å². The molecule has 1 fully saturated rings. The number of nitrogen functional groups attached to an aromatic ring is 1. The van der Waals surface area contributed by atoms with Crippen LogP contribution in [0.2, 0.25) is 0 Å². The highest BCUT2D eigenvalue weighted by atomic mass is 16.5. The normalized spacial score (nSPS) is 15.4. The monoisotopic (exact) mass is 234 g/mol. The van der Waals surface area contributed by atoms with E-state index < -0.39 is 0 Å². The third kappa shape index (κ3) is 2.65. The van der Waals surface area contributed by atoms with Crippen molar-refractivity contribution in [3.8, 4) is 5.75 Å². The Balaban J connectivity index is 2.11. The highest BCUT2D eigenvalue weighted by Gasteiger charge is 2.21. The van der Waals surface area contributed by atoms with Gasteiger partial charge in [0.1, 0.15) is 5.75 Å². The molecule has 1 saturated carbocycles. The van der Waals surface area contributed by atoms with E-state index in [1.54, 1.807) is 7.11 Å². The van der Waals surface area contributed by atoms with Crippen LogP contribution in [-0.4, -0.2) is 20.2 Å². The molecule has 17 heavy (non-hydrogen) atoms. The van der Waals surface area contributed by atoms with E-state index in [1.807, 2.05) is 12.1 Å². The van der Waals surface area contributed by atoms with Crippen molar-refractivity contribution < 1.29 is 4.74 Å². The Kier molecular flexibility index (Phi) is 3.77. The third-order valence-electron chi connectivity index (χ3n) is 3.66. The Morgan fingerprint density at radius 1 is 1.41 bits per heavy atom. The molecular formula is C14H22N2O. The lowest BCUT2D eigenvalue weighted by Crippen LogP contribution is -2.32. The number of hydrogen-bond acceptors (Lipinski definition) is 3. The molecule has 1 aliphatic carbocycles. The second-order valence-corrected chi connectivity index (χ2v) is 4.76. The largest absolute Gasteiger partial charge is 0.497 e. The van der Waals surface area contributed by atoms with Gasteiger partial charge in [0, 0.05) is 19.2 Å². The standard InChI is InChI=1S/C14H22N2O/c1-3-16(10-11-5-4-6-11)14-8-7-12(17-2)9-13(14)15/h7-9,11H,3-6,10,15H2,1-2H3. The predicted molar refractivity (Wildman–Crippen MR) is 72.6 cm³/mol. The number of anilines is 2. The van der Waals surface area contributed by atoms with Gasteiger partial charge in [0.2, 0.25) is 0 Å². The second kappa shape index (κ2) is 5.30. The molecule has 0 saturated heterocycles. The van der Waals surface area contributed by atoms with Crippen LogP contribution < -0.4 is 15.4 Å². The summed E-state index contributed by atoms with van der Waals surface area (Å²) in [4.78, 5) is 2.37. The van der Waals surface area contributed by atoms with E-state index in [0.29, 0.717) is 0 Å². The first-order valence-electron chi connectivity index (χ1n) is 6.43. The van der Waals surface area contributed by atoms with Gasteiger partial charge in [-0.2, -0.15) is 0 Å². The first-order valence-corrected chi connectivity index (χ1v) is 6.43. The minimum absolute atomic E-state index is 0.811. The molecule has 94 valence electrons. The van der Waals surface area contributed by atoms with E-state index >= 15 is 0 Å². The van der Waals surface area contributed by atoms with E-state index in [1.165, 1.54) is 19.3 Å². The number of methoxy groups -OCH3 is 1. The van der Waals surface area contributed by atoms with Crippen molar-refractivity contribution in [2.75, 3.05) is 30.8 Å². The number of benzene rings is 1. The summed E-state index contributed by atoms with van der Waals surface area (Å²) in [6, 6.07) is 5.95. The predicted octanol–water partition coefficient (Wildman–Crippen LogP) is 2.90. The second-order valence-electron chi connectivity index (χ2n) is 4.76. The van der Waals surface area contributed by atoms with Crippen LogP contribution in [-0.2, 0) is 0 Å². The molecule has 1 aliphatic rings. The van der Waals surface area contributed by atoms with Gasteiger partial charge in [0.15, 0.2) is 0 Å². The van der Waals surface area contributed by atoms with Gasteiger partial charge in [-0.05, 0) is 37.8 Å². The van der Waals surface area contributed by atoms with E-state index in [-0.39, 0.29) is 0 Å². The van der Waals surface area contributed by atoms with Crippen molar-refractivity contribution in [1.82, 2.24) is 0 Å². The van der Waals surface area contributed by atoms with Crippen LogP contribution in [0.3, 0.4) is 0 Å². The Morgan fingerprint density at radius 3 is 2.65 bits per heavy atom. The fourth-order valence-corrected chi connectivity index (χ4v) is 2.33. The van der Waals surface area contributed by atoms with Gasteiger partial charge >= 0.3 is 0 Å². The molecule has 0 unspecified atom stereocenters. The van der Waals surface area contributed by atoms with Crippen LogP contribution in [0.25, 0.3) is 0 Å². The lowest BCUT2D eigenvalue weighted by atomic mass is 9.85. The summed E-state index contributed by atoms with van der Waals surface area (Å²) >= 11 is 0. The van der Waals surface area contributed by atoms with Gasteiger partial charge in [-0.25, -0.2) is 0 Å². The molecule has 3 heteroatoms. The molecule has 0 aromatic heterocycles. The van der Waals surface area contributed by atoms with E-state index in [2.05, 4.69) is 17.9 Å². The van der Waals surface area contributed by atoms with Crippen LogP contribution >= 0.6 is 0 Å². The summed E-state index contributed by atoms with van der Waals surface area (Å²) in [7, 11) is 1.67. The average molecular weight is 234 g/mol. The van der Waals surface area contributed by atoms with Crippen LogP contribution in [0, 0.1) is 5.92 Å². The minimum Gasteiger partial charge on any atom is -0.497 e. The van der Waals surface area contributed by atoms with Gasteiger partial charge in [0.05, 0.1) is 18.5 Å². The zero-order chi connectivity index (χ0) is 12.3. The minimum atomic E-state index is 0.811. The summed E-state index contributed by atoms with van der Waals surface area (Å²) in [6.45, 7) is 4.32. The molecule has 0 aliphatic heterocycles. The summed E-state index contributed by atoms with van der Waals surface area (Å²) in [5.41, 5.74) is 8.04. The summed E-state index contributed by atoms with van der Waals surface area (Å²) in [6.07, 6.45) is 4.12. The zero-order valence-corrected chi connectivity index (χ0v) is 10.8. The Bertz CT molecular complexity index is 374. The number of rotatable bonds is 5. The fourth-order valence-electron chi connectivity index (χ4n) is 2.33. The maximum absolute atomic E-state index is 6.09. The van der Waals surface area contributed by atoms with E-state index in [4.69, 9.17) is 10.5 Å². The summed E-state index contributed by atoms with van der Waals surface area (Å²) in [5.74, 6) is 1.68. The number of ether oxygens (including phenoxy) is 1. The lowest BCUT2D eigenvalue weighted by Gasteiger charge is -2.33. The molecule has 3 nitrogen and oxygen atoms in total. The number of hydrogen-bond donors (Lipinski definition) is 1. The molecule has 2 rings (SSSR count). The lowest BCUT2D eigenvalue weighted by molar-refractivity contribution is 0.318. The number of nitrogens with zero attached hydrogens (tertiary/aromatic N) is 1. The van der Waals surface area contributed by atoms with Crippen LogP contribution in [0.5, 0.6) is 5.75 Å². The smallest absolute Gasteiger partial charge is 0.121 e. The van der Waals surface area contributed by atoms with E-state index in [9.17, 15) is 0 Å². The molecule has 0 radical (unpaired) electrons. The van der Waals surface area contributed by atoms with Crippen molar-refractivity contribution in [3.05, 3.63) is 18.2 Å². The molecule has 0 atom stereocenters. The Hall–Kier alpha value is -1.38. The molecule has 0 amide bonds. The van der Waals surface area contributed by atoms with Crippen molar-refractivity contribution >= 4 is 11.4 Å². The summed E-state index contributed by atoms with van der Waals surface area (Å²) in [5, 5.41) is 0. The first kappa shape index (κ1) is 12.1. The van der Waals surface area contributed by atoms with Crippen LogP contribution in [0.4, 0.5) is 11.4 Å². The van der Waals surface area contributed by atoms with Crippen molar-refractivity contribution in [2.45, 2.75) is 26.2 Å². The van der Waals surface area contributed by atoms with Crippen molar-refractivity contribution in [2.24, 2.45) is 5.92 Å². The van der Waals surface area contributed by atoms with Crippen molar-refractivity contribution in [3.63, 3.8) is 0 Å². The molecule has 0 spiro atoms. The van der Waals surface area contributed by atoms with Gasteiger partial charge < -0.3 is 15.4 Å². The van der Waals surface area contributed by atoms with Gasteiger partial charge in [-0.15, -0.1) is 0 Å². The summed E-state index contributed by atoms with van der Waals surface area (Å²) < 4.78 is 5.18. The maximum atomic E-state index is 6.09. The van der Waals surface area contributed by atoms with Gasteiger partial charge in [0.25, 0.3) is 0 Å². The molecule has 0 heterocycles. The molecule has 1 aromatic rings. The molecular weight excluding hydrogens is 212 g/mol. The van der Waals surface area contributed by atoms with E-state index in [0.717, 1.165) is 36.1 Å². The number of nitrogens with two attached hydrogens (primary N) is 1. The first-order chi connectivity index (χ1) is 8.24. The fraction of sp³-hybridized carbons (Fsp3) is 0.571. The van der Waals surface area contributed by atoms with Crippen molar-refractivity contribution in [1.29, 1.82) is 0 Å². The maximum Gasteiger partial charge on any atom is 0.121 e. The Labute approximate surface area is 104 Å². The zero-order valence-electron chi connectivity index (χ0n) is 10.8.